The smallest absolute Gasteiger partial charge is 0.370 e. The molecule has 0 radical (unpaired) electrons. The van der Waals surface area contributed by atoms with Gasteiger partial charge in [0, 0.05) is 32.8 Å². The third-order valence-electron chi connectivity index (χ3n) is 5.03. The molecule has 1 aliphatic rings. The number of alkyl halides is 3. The first-order valence-corrected chi connectivity index (χ1v) is 9.49. The molecule has 1 aliphatic heterocycles. The maximum Gasteiger partial charge on any atom is 0.416 e. The molecule has 1 aromatic heterocycles. The van der Waals surface area contributed by atoms with E-state index in [1.807, 2.05) is 25.1 Å². The Bertz CT molecular complexity index is 838. The van der Waals surface area contributed by atoms with Crippen LogP contribution in [0.3, 0.4) is 0 Å². The number of nitrogens with zero attached hydrogens (tertiary/aromatic N) is 3. The predicted molar refractivity (Wildman–Crippen MR) is 102 cm³/mol. The molecule has 5 nitrogen and oxygen atoms in total. The summed E-state index contributed by atoms with van der Waals surface area (Å²) in [5.74, 6) is -0.305. The lowest BCUT2D eigenvalue weighted by Crippen LogP contribution is -2.30. The number of aryl methyl sites for hydroxylation is 3. The van der Waals surface area contributed by atoms with Gasteiger partial charge in [-0.05, 0) is 56.4 Å². The van der Waals surface area contributed by atoms with Crippen LogP contribution in [-0.4, -0.2) is 28.8 Å². The van der Waals surface area contributed by atoms with E-state index in [1.54, 1.807) is 4.68 Å². The van der Waals surface area contributed by atoms with Crippen LogP contribution in [0.5, 0.6) is 0 Å². The molecule has 1 saturated heterocycles. The highest BCUT2D eigenvalue weighted by atomic mass is 19.4. The van der Waals surface area contributed by atoms with Gasteiger partial charge in [0.25, 0.3) is 0 Å². The summed E-state index contributed by atoms with van der Waals surface area (Å²) in [6.07, 6.45) is 1.18. The van der Waals surface area contributed by atoms with Crippen molar-refractivity contribution in [2.75, 3.05) is 23.3 Å². The molecule has 0 aliphatic carbocycles. The average Bonchev–Trinajstić information content (AvgIpc) is 2.97. The number of hydrogen-bond acceptors (Lipinski definition) is 3. The Kier molecular flexibility index (Phi) is 5.96. The topological polar surface area (TPSA) is 50.2 Å². The first kappa shape index (κ1) is 20.2. The molecular weight excluding hydrogens is 369 g/mol. The molecule has 1 fully saturated rings. The maximum atomic E-state index is 13.2. The first-order chi connectivity index (χ1) is 13.2. The zero-order chi connectivity index (χ0) is 20.3. The van der Waals surface area contributed by atoms with Gasteiger partial charge in [-0.2, -0.15) is 18.3 Å². The van der Waals surface area contributed by atoms with Gasteiger partial charge in [-0.25, -0.2) is 0 Å². The van der Waals surface area contributed by atoms with Crippen LogP contribution in [0.1, 0.15) is 42.5 Å². The Morgan fingerprint density at radius 3 is 2.54 bits per heavy atom. The molecule has 0 bridgehead atoms. The maximum absolute atomic E-state index is 13.2. The predicted octanol–water partition coefficient (Wildman–Crippen LogP) is 4.31. The molecule has 2 heterocycles. The quantitative estimate of drug-likeness (QED) is 0.822. The highest BCUT2D eigenvalue weighted by molar-refractivity contribution is 5.94. The van der Waals surface area contributed by atoms with Gasteiger partial charge in [0.15, 0.2) is 0 Å². The van der Waals surface area contributed by atoms with Crippen LogP contribution in [0.4, 0.5) is 24.5 Å². The lowest BCUT2D eigenvalue weighted by atomic mass is 10.1. The molecule has 0 spiro atoms. The van der Waals surface area contributed by atoms with Crippen molar-refractivity contribution in [2.24, 2.45) is 7.05 Å². The summed E-state index contributed by atoms with van der Waals surface area (Å²) in [5.41, 5.74) is 1.93. The van der Waals surface area contributed by atoms with Crippen LogP contribution in [0.2, 0.25) is 0 Å². The Hall–Kier alpha value is -2.51. The second kappa shape index (κ2) is 8.24. The number of benzene rings is 1. The number of rotatable bonds is 5. The zero-order valence-electron chi connectivity index (χ0n) is 16.1. The van der Waals surface area contributed by atoms with Crippen LogP contribution < -0.4 is 10.2 Å². The largest absolute Gasteiger partial charge is 0.416 e. The number of anilines is 2. The second-order valence-corrected chi connectivity index (χ2v) is 7.24. The summed E-state index contributed by atoms with van der Waals surface area (Å²) >= 11 is 0. The van der Waals surface area contributed by atoms with E-state index in [-0.39, 0.29) is 18.0 Å². The van der Waals surface area contributed by atoms with Gasteiger partial charge in [-0.15, -0.1) is 0 Å². The van der Waals surface area contributed by atoms with Gasteiger partial charge in [0.1, 0.15) is 0 Å². The highest BCUT2D eigenvalue weighted by Crippen LogP contribution is 2.36. The van der Waals surface area contributed by atoms with Crippen molar-refractivity contribution in [3.63, 3.8) is 0 Å². The molecule has 0 unspecified atom stereocenters. The molecule has 0 atom stereocenters. The van der Waals surface area contributed by atoms with Crippen LogP contribution in [0.15, 0.2) is 24.4 Å². The summed E-state index contributed by atoms with van der Waals surface area (Å²) in [6.45, 7) is 3.43. The third-order valence-corrected chi connectivity index (χ3v) is 5.03. The molecule has 1 amide bonds. The number of amides is 1. The summed E-state index contributed by atoms with van der Waals surface area (Å²) < 4.78 is 41.2. The van der Waals surface area contributed by atoms with Gasteiger partial charge in [-0.3, -0.25) is 9.48 Å². The fourth-order valence-corrected chi connectivity index (χ4v) is 3.58. The molecule has 3 rings (SSSR count). The van der Waals surface area contributed by atoms with Gasteiger partial charge in [0.05, 0.1) is 22.6 Å². The fraction of sp³-hybridized carbons (Fsp3) is 0.500. The minimum atomic E-state index is -4.45. The fourth-order valence-electron chi connectivity index (χ4n) is 3.58. The van der Waals surface area contributed by atoms with Crippen molar-refractivity contribution >= 4 is 17.3 Å². The molecule has 152 valence electrons. The minimum absolute atomic E-state index is 0.183. The van der Waals surface area contributed by atoms with Crippen LogP contribution in [-0.2, 0) is 24.4 Å². The molecule has 2 aromatic rings. The van der Waals surface area contributed by atoms with E-state index in [0.717, 1.165) is 55.7 Å². The average molecular weight is 394 g/mol. The molecular formula is C20H25F3N4O. The van der Waals surface area contributed by atoms with Crippen LogP contribution >= 0.6 is 0 Å². The Labute approximate surface area is 162 Å². The Morgan fingerprint density at radius 2 is 1.93 bits per heavy atom. The Balaban J connectivity index is 1.77. The summed E-state index contributed by atoms with van der Waals surface area (Å²) in [4.78, 5) is 14.5. The second-order valence-electron chi connectivity index (χ2n) is 7.24. The van der Waals surface area contributed by atoms with E-state index < -0.39 is 11.7 Å². The number of hydrogen-bond donors (Lipinski definition) is 1. The number of carbonyl (C=O) groups excluding carboxylic acids is 1. The van der Waals surface area contributed by atoms with Crippen LogP contribution in [0.25, 0.3) is 0 Å². The van der Waals surface area contributed by atoms with Crippen molar-refractivity contribution in [3.05, 3.63) is 41.2 Å². The van der Waals surface area contributed by atoms with Crippen molar-refractivity contribution in [3.8, 4) is 0 Å². The normalized spacial score (nSPS) is 15.0. The number of nitrogens with one attached hydrogen (secondary N) is 1. The summed E-state index contributed by atoms with van der Waals surface area (Å²) in [7, 11) is 1.81. The highest BCUT2D eigenvalue weighted by Gasteiger charge is 2.31. The van der Waals surface area contributed by atoms with E-state index >= 15 is 0 Å². The van der Waals surface area contributed by atoms with E-state index in [4.69, 9.17) is 0 Å². The van der Waals surface area contributed by atoms with Crippen molar-refractivity contribution in [2.45, 2.75) is 45.2 Å². The number of piperidine rings is 1. The minimum Gasteiger partial charge on any atom is -0.370 e. The summed E-state index contributed by atoms with van der Waals surface area (Å²) in [6, 6.07) is 3.59. The standard InChI is InChI=1S/C20H25F3N4O/c1-14-15(13-26(2)25-14)6-9-19(28)24-17-12-16(20(21,22)23)7-8-18(17)27-10-4-3-5-11-27/h7-8,12-13H,3-6,9-11H2,1-2H3,(H,24,28). The summed E-state index contributed by atoms with van der Waals surface area (Å²) in [5, 5.41) is 6.95. The van der Waals surface area contributed by atoms with E-state index in [0.29, 0.717) is 12.1 Å². The van der Waals surface area contributed by atoms with Gasteiger partial charge >= 0.3 is 6.18 Å². The number of carbonyl (C=O) groups is 1. The SMILES string of the molecule is Cc1nn(C)cc1CCC(=O)Nc1cc(C(F)(F)F)ccc1N1CCCCC1. The zero-order valence-corrected chi connectivity index (χ0v) is 16.1. The molecule has 28 heavy (non-hydrogen) atoms. The van der Waals surface area contributed by atoms with Gasteiger partial charge in [-0.1, -0.05) is 0 Å². The van der Waals surface area contributed by atoms with E-state index in [1.165, 1.54) is 6.07 Å². The third kappa shape index (κ3) is 4.85. The lowest BCUT2D eigenvalue weighted by Gasteiger charge is -2.31. The van der Waals surface area contributed by atoms with Crippen molar-refractivity contribution in [1.82, 2.24) is 9.78 Å². The molecule has 0 saturated carbocycles. The van der Waals surface area contributed by atoms with Gasteiger partial charge in [0.2, 0.25) is 5.91 Å². The number of aromatic nitrogens is 2. The van der Waals surface area contributed by atoms with Gasteiger partial charge < -0.3 is 10.2 Å². The molecule has 1 aromatic carbocycles. The van der Waals surface area contributed by atoms with Crippen LogP contribution in [0, 0.1) is 6.92 Å². The molecule has 1 N–H and O–H groups in total. The lowest BCUT2D eigenvalue weighted by molar-refractivity contribution is -0.137. The van der Waals surface area contributed by atoms with E-state index in [2.05, 4.69) is 10.4 Å². The first-order valence-electron chi connectivity index (χ1n) is 9.49. The number of halogens is 3. The van der Waals surface area contributed by atoms with Crippen molar-refractivity contribution in [1.29, 1.82) is 0 Å². The Morgan fingerprint density at radius 1 is 1.21 bits per heavy atom. The monoisotopic (exact) mass is 394 g/mol. The van der Waals surface area contributed by atoms with Crippen molar-refractivity contribution < 1.29 is 18.0 Å². The molecule has 8 heteroatoms. The van der Waals surface area contributed by atoms with E-state index in [9.17, 15) is 18.0 Å².